The third kappa shape index (κ3) is 4.47. The molecule has 3 nitrogen and oxygen atoms in total. The molecule has 1 aliphatic rings. The van der Waals surface area contributed by atoms with Gasteiger partial charge in [0.15, 0.2) is 5.60 Å². The largest absolute Gasteiger partial charge is 0.391 e. The number of ether oxygens (including phenoxy) is 1. The van der Waals surface area contributed by atoms with Crippen LogP contribution in [-0.2, 0) is 4.74 Å². The van der Waals surface area contributed by atoms with Crippen LogP contribution in [0.3, 0.4) is 0 Å². The zero-order valence-corrected chi connectivity index (χ0v) is 13.1. The van der Waals surface area contributed by atoms with Gasteiger partial charge in [0.25, 0.3) is 0 Å². The van der Waals surface area contributed by atoms with Crippen molar-refractivity contribution in [1.29, 1.82) is 5.26 Å². The van der Waals surface area contributed by atoms with E-state index in [0.717, 1.165) is 25.7 Å². The number of nitriles is 1. The molecule has 110 valence electrons. The summed E-state index contributed by atoms with van der Waals surface area (Å²) in [5.41, 5.74) is -0.405. The fourth-order valence-electron chi connectivity index (χ4n) is 2.89. The van der Waals surface area contributed by atoms with E-state index in [4.69, 9.17) is 4.74 Å². The molecule has 3 heteroatoms. The van der Waals surface area contributed by atoms with Crippen molar-refractivity contribution in [2.24, 2.45) is 11.3 Å². The summed E-state index contributed by atoms with van der Waals surface area (Å²) >= 11 is 0. The summed E-state index contributed by atoms with van der Waals surface area (Å²) in [4.78, 5) is 0. The minimum atomic E-state index is -0.698. The molecule has 1 saturated carbocycles. The minimum Gasteiger partial charge on any atom is -0.391 e. The number of aliphatic hydroxyl groups excluding tert-OH is 1. The van der Waals surface area contributed by atoms with Crippen molar-refractivity contribution >= 4 is 0 Å². The molecule has 0 aromatic carbocycles. The van der Waals surface area contributed by atoms with Crippen LogP contribution in [0.4, 0.5) is 0 Å². The summed E-state index contributed by atoms with van der Waals surface area (Å²) < 4.78 is 5.92. The molecule has 0 bridgehead atoms. The Hall–Kier alpha value is -0.590. The molecule has 1 fully saturated rings. The third-order valence-electron chi connectivity index (χ3n) is 4.55. The van der Waals surface area contributed by atoms with E-state index < -0.39 is 11.7 Å². The highest BCUT2D eigenvalue weighted by molar-refractivity contribution is 5.04. The van der Waals surface area contributed by atoms with E-state index in [1.807, 2.05) is 6.92 Å². The normalized spacial score (nSPS) is 32.2. The molecule has 1 N–H and O–H groups in total. The molecule has 4 atom stereocenters. The Morgan fingerprint density at radius 2 is 1.89 bits per heavy atom. The fourth-order valence-corrected chi connectivity index (χ4v) is 2.89. The molecule has 1 rings (SSSR count). The van der Waals surface area contributed by atoms with Crippen LogP contribution < -0.4 is 0 Å². The Bertz CT molecular complexity index is 327. The number of aliphatic hydroxyl groups is 1. The Balaban J connectivity index is 2.74. The lowest BCUT2D eigenvalue weighted by Gasteiger charge is -2.32. The van der Waals surface area contributed by atoms with Crippen molar-refractivity contribution in [3.8, 4) is 6.07 Å². The molecular formula is C16H29NO2. The SMILES string of the molecule is CC(O)C(C)OC1(C#N)CCCC(C(C)(C)C)CC1. The Labute approximate surface area is 118 Å². The number of hydrogen-bond donors (Lipinski definition) is 1. The van der Waals surface area contributed by atoms with E-state index in [1.165, 1.54) is 6.42 Å². The van der Waals surface area contributed by atoms with Crippen molar-refractivity contribution in [2.45, 2.75) is 84.5 Å². The van der Waals surface area contributed by atoms with Gasteiger partial charge >= 0.3 is 0 Å². The smallest absolute Gasteiger partial charge is 0.154 e. The Morgan fingerprint density at radius 1 is 1.26 bits per heavy atom. The first-order valence-electron chi connectivity index (χ1n) is 7.47. The Kier molecular flexibility index (Phi) is 5.41. The van der Waals surface area contributed by atoms with Gasteiger partial charge in [-0.2, -0.15) is 5.26 Å². The van der Waals surface area contributed by atoms with E-state index in [9.17, 15) is 10.4 Å². The summed E-state index contributed by atoms with van der Waals surface area (Å²) in [5.74, 6) is 0.646. The van der Waals surface area contributed by atoms with Gasteiger partial charge in [0.05, 0.1) is 18.3 Å². The highest BCUT2D eigenvalue weighted by Gasteiger charge is 2.38. The maximum Gasteiger partial charge on any atom is 0.154 e. The molecule has 1 aliphatic carbocycles. The lowest BCUT2D eigenvalue weighted by molar-refractivity contribution is -0.102. The molecule has 0 spiro atoms. The van der Waals surface area contributed by atoms with Gasteiger partial charge in [-0.05, 0) is 57.3 Å². The molecule has 19 heavy (non-hydrogen) atoms. The van der Waals surface area contributed by atoms with Crippen molar-refractivity contribution in [3.05, 3.63) is 0 Å². The maximum atomic E-state index is 9.58. The summed E-state index contributed by atoms with van der Waals surface area (Å²) in [6, 6.07) is 2.38. The van der Waals surface area contributed by atoms with Crippen molar-refractivity contribution < 1.29 is 9.84 Å². The average molecular weight is 267 g/mol. The van der Waals surface area contributed by atoms with Crippen LogP contribution in [0.1, 0.15) is 66.7 Å². The van der Waals surface area contributed by atoms with Crippen LogP contribution in [0.25, 0.3) is 0 Å². The van der Waals surface area contributed by atoms with Gasteiger partial charge in [0.1, 0.15) is 0 Å². The second kappa shape index (κ2) is 6.24. The fraction of sp³-hybridized carbons (Fsp3) is 0.938. The second-order valence-electron chi connectivity index (χ2n) is 7.16. The Morgan fingerprint density at radius 3 is 2.37 bits per heavy atom. The van der Waals surface area contributed by atoms with Gasteiger partial charge in [0, 0.05) is 0 Å². The van der Waals surface area contributed by atoms with E-state index in [0.29, 0.717) is 11.3 Å². The number of hydrogen-bond acceptors (Lipinski definition) is 3. The van der Waals surface area contributed by atoms with Gasteiger partial charge in [0.2, 0.25) is 0 Å². The van der Waals surface area contributed by atoms with E-state index in [1.54, 1.807) is 6.92 Å². The molecule has 0 heterocycles. The van der Waals surface area contributed by atoms with E-state index in [2.05, 4.69) is 26.8 Å². The highest BCUT2D eigenvalue weighted by atomic mass is 16.5. The first-order valence-corrected chi connectivity index (χ1v) is 7.47. The summed E-state index contributed by atoms with van der Waals surface area (Å²) in [6.45, 7) is 10.4. The predicted molar refractivity (Wildman–Crippen MR) is 76.6 cm³/mol. The zero-order valence-electron chi connectivity index (χ0n) is 13.1. The van der Waals surface area contributed by atoms with Crippen LogP contribution in [0.5, 0.6) is 0 Å². The van der Waals surface area contributed by atoms with Crippen LogP contribution in [0.2, 0.25) is 0 Å². The van der Waals surface area contributed by atoms with Crippen LogP contribution in [0.15, 0.2) is 0 Å². The van der Waals surface area contributed by atoms with Crippen LogP contribution >= 0.6 is 0 Å². The molecule has 0 radical (unpaired) electrons. The molecule has 0 saturated heterocycles. The van der Waals surface area contributed by atoms with Crippen molar-refractivity contribution in [1.82, 2.24) is 0 Å². The standard InChI is InChI=1S/C16H29NO2/c1-12(18)13(2)19-16(11-17)9-6-7-14(8-10-16)15(3,4)5/h12-14,18H,6-10H2,1-5H3. The predicted octanol–water partition coefficient (Wildman–Crippen LogP) is 3.66. The lowest BCUT2D eigenvalue weighted by Crippen LogP contribution is -2.38. The quantitative estimate of drug-likeness (QED) is 0.794. The van der Waals surface area contributed by atoms with E-state index in [-0.39, 0.29) is 6.10 Å². The van der Waals surface area contributed by atoms with Gasteiger partial charge in [-0.25, -0.2) is 0 Å². The summed E-state index contributed by atoms with van der Waals surface area (Å²) in [6.07, 6.45) is 3.97. The second-order valence-corrected chi connectivity index (χ2v) is 7.16. The monoisotopic (exact) mass is 267 g/mol. The highest BCUT2D eigenvalue weighted by Crippen LogP contribution is 2.41. The molecule has 4 unspecified atom stereocenters. The number of rotatable bonds is 3. The van der Waals surface area contributed by atoms with Gasteiger partial charge < -0.3 is 9.84 Å². The topological polar surface area (TPSA) is 53.2 Å². The zero-order chi connectivity index (χ0) is 14.7. The minimum absolute atomic E-state index is 0.286. The van der Waals surface area contributed by atoms with Gasteiger partial charge in [-0.3, -0.25) is 0 Å². The first kappa shape index (κ1) is 16.5. The number of nitrogens with zero attached hydrogens (tertiary/aromatic N) is 1. The van der Waals surface area contributed by atoms with Crippen LogP contribution in [0, 0.1) is 22.7 Å². The van der Waals surface area contributed by atoms with E-state index >= 15 is 0 Å². The molecule has 0 aromatic heterocycles. The average Bonchev–Trinajstić information content (AvgIpc) is 2.51. The van der Waals surface area contributed by atoms with Crippen molar-refractivity contribution in [3.63, 3.8) is 0 Å². The molecule has 0 aliphatic heterocycles. The summed E-state index contributed by atoms with van der Waals surface area (Å²) in [7, 11) is 0. The lowest BCUT2D eigenvalue weighted by atomic mass is 9.76. The van der Waals surface area contributed by atoms with Crippen molar-refractivity contribution in [2.75, 3.05) is 0 Å². The molecule has 0 amide bonds. The summed E-state index contributed by atoms with van der Waals surface area (Å²) in [5, 5.41) is 19.1. The molecule has 0 aromatic rings. The van der Waals surface area contributed by atoms with Crippen LogP contribution in [-0.4, -0.2) is 22.9 Å². The van der Waals surface area contributed by atoms with Gasteiger partial charge in [-0.15, -0.1) is 0 Å². The maximum absolute atomic E-state index is 9.58. The first-order chi connectivity index (χ1) is 8.70. The van der Waals surface area contributed by atoms with Gasteiger partial charge in [-0.1, -0.05) is 20.8 Å². The third-order valence-corrected chi connectivity index (χ3v) is 4.55. The molecular weight excluding hydrogens is 238 g/mol.